The van der Waals surface area contributed by atoms with Gasteiger partial charge in [0, 0.05) is 31.6 Å². The molecule has 0 atom stereocenters. The molecule has 6 aromatic rings. The molecular formula is C27H16BrN. The van der Waals surface area contributed by atoms with E-state index in [2.05, 4.69) is 113 Å². The number of nitrogens with zero attached hydrogens (tertiary/aromatic N) is 1. The van der Waals surface area contributed by atoms with Gasteiger partial charge in [-0.25, -0.2) is 4.98 Å². The number of hydrogen-bond acceptors (Lipinski definition) is 1. The number of aromatic nitrogens is 1. The van der Waals surface area contributed by atoms with Gasteiger partial charge < -0.3 is 0 Å². The molecule has 0 amide bonds. The number of fused-ring (bicyclic) bond motifs is 6. The third kappa shape index (κ3) is 2.56. The molecule has 0 spiro atoms. The zero-order valence-electron chi connectivity index (χ0n) is 15.6. The molecule has 5 aromatic carbocycles. The number of hydrogen-bond donors (Lipinski definition) is 0. The molecule has 0 fully saturated rings. The molecule has 136 valence electrons. The molecule has 0 saturated heterocycles. The summed E-state index contributed by atoms with van der Waals surface area (Å²) in [5.74, 6) is 0. The van der Waals surface area contributed by atoms with Crippen LogP contribution < -0.4 is 0 Å². The van der Waals surface area contributed by atoms with Crippen LogP contribution in [-0.4, -0.2) is 4.98 Å². The minimum Gasteiger partial charge on any atom is -0.246 e. The SMILES string of the molecule is Brc1ccc(-c2c3ccc4ccccc4c3nc3c2ccc2ccccc23)cc1. The van der Waals surface area contributed by atoms with Crippen molar-refractivity contribution in [2.45, 2.75) is 0 Å². The van der Waals surface area contributed by atoms with E-state index in [1.165, 1.54) is 43.4 Å². The standard InChI is InChI=1S/C27H16BrN/c28-20-13-9-19(10-14-20)25-23-15-11-17-5-1-3-7-21(17)26(23)29-27-22-8-4-2-6-18(22)12-16-24(25)27/h1-16H. The van der Waals surface area contributed by atoms with Crippen LogP contribution in [0.4, 0.5) is 0 Å². The van der Waals surface area contributed by atoms with Crippen molar-refractivity contribution < 1.29 is 0 Å². The lowest BCUT2D eigenvalue weighted by atomic mass is 9.92. The lowest BCUT2D eigenvalue weighted by Gasteiger charge is -2.14. The number of halogens is 1. The zero-order chi connectivity index (χ0) is 19.4. The Labute approximate surface area is 176 Å². The Hall–Kier alpha value is -3.23. The smallest absolute Gasteiger partial charge is 0.0794 e. The second kappa shape index (κ2) is 6.40. The van der Waals surface area contributed by atoms with Crippen LogP contribution in [0.15, 0.2) is 102 Å². The van der Waals surface area contributed by atoms with Crippen molar-refractivity contribution in [3.05, 3.63) is 102 Å². The van der Waals surface area contributed by atoms with Gasteiger partial charge in [0.1, 0.15) is 0 Å². The average Bonchev–Trinajstić information content (AvgIpc) is 2.78. The molecule has 0 radical (unpaired) electrons. The van der Waals surface area contributed by atoms with E-state index in [0.717, 1.165) is 15.5 Å². The molecule has 0 unspecified atom stereocenters. The van der Waals surface area contributed by atoms with E-state index in [-0.39, 0.29) is 0 Å². The summed E-state index contributed by atoms with van der Waals surface area (Å²) in [7, 11) is 0. The monoisotopic (exact) mass is 433 g/mol. The predicted octanol–water partition coefficient (Wildman–Crippen LogP) is 8.12. The first-order valence-corrected chi connectivity index (χ1v) is 10.5. The molecule has 0 saturated carbocycles. The molecule has 2 heteroatoms. The lowest BCUT2D eigenvalue weighted by Crippen LogP contribution is -1.91. The molecule has 0 aliphatic carbocycles. The van der Waals surface area contributed by atoms with Gasteiger partial charge in [-0.3, -0.25) is 0 Å². The molecule has 1 aromatic heterocycles. The van der Waals surface area contributed by atoms with Gasteiger partial charge in [-0.15, -0.1) is 0 Å². The summed E-state index contributed by atoms with van der Waals surface area (Å²) in [6, 6.07) is 34.4. The third-order valence-corrected chi connectivity index (χ3v) is 6.23. The highest BCUT2D eigenvalue weighted by molar-refractivity contribution is 9.10. The maximum Gasteiger partial charge on any atom is 0.0794 e. The molecule has 1 heterocycles. The Morgan fingerprint density at radius 3 is 1.55 bits per heavy atom. The minimum atomic E-state index is 1.06. The van der Waals surface area contributed by atoms with Gasteiger partial charge in [-0.1, -0.05) is 101 Å². The molecule has 6 rings (SSSR count). The van der Waals surface area contributed by atoms with E-state index in [4.69, 9.17) is 4.98 Å². The quantitative estimate of drug-likeness (QED) is 0.188. The number of rotatable bonds is 1. The van der Waals surface area contributed by atoms with Crippen LogP contribution in [0.1, 0.15) is 0 Å². The van der Waals surface area contributed by atoms with E-state index in [1.807, 2.05) is 0 Å². The first-order valence-electron chi connectivity index (χ1n) is 9.68. The van der Waals surface area contributed by atoms with Crippen molar-refractivity contribution in [1.82, 2.24) is 4.98 Å². The third-order valence-electron chi connectivity index (χ3n) is 5.70. The molecule has 29 heavy (non-hydrogen) atoms. The average molecular weight is 434 g/mol. The van der Waals surface area contributed by atoms with Crippen molar-refractivity contribution in [3.63, 3.8) is 0 Å². The Morgan fingerprint density at radius 2 is 1.00 bits per heavy atom. The first kappa shape index (κ1) is 16.7. The van der Waals surface area contributed by atoms with Crippen LogP contribution in [0.25, 0.3) is 54.5 Å². The molecule has 0 aliphatic heterocycles. The van der Waals surface area contributed by atoms with Gasteiger partial charge in [-0.05, 0) is 28.5 Å². The lowest BCUT2D eigenvalue weighted by molar-refractivity contribution is 1.53. The van der Waals surface area contributed by atoms with Crippen molar-refractivity contribution in [1.29, 1.82) is 0 Å². The van der Waals surface area contributed by atoms with Gasteiger partial charge >= 0.3 is 0 Å². The van der Waals surface area contributed by atoms with Crippen LogP contribution in [0.3, 0.4) is 0 Å². The number of benzene rings is 5. The molecule has 1 nitrogen and oxygen atoms in total. The Morgan fingerprint density at radius 1 is 0.483 bits per heavy atom. The maximum atomic E-state index is 5.23. The van der Waals surface area contributed by atoms with Crippen molar-refractivity contribution in [3.8, 4) is 11.1 Å². The van der Waals surface area contributed by atoms with Crippen molar-refractivity contribution >= 4 is 59.3 Å². The highest BCUT2D eigenvalue weighted by Crippen LogP contribution is 2.39. The summed E-state index contributed by atoms with van der Waals surface area (Å²) in [5, 5.41) is 7.20. The van der Waals surface area contributed by atoms with Gasteiger partial charge in [0.15, 0.2) is 0 Å². The number of pyridine rings is 1. The molecule has 0 N–H and O–H groups in total. The van der Waals surface area contributed by atoms with Gasteiger partial charge in [-0.2, -0.15) is 0 Å². The normalized spacial score (nSPS) is 11.6. The fraction of sp³-hybridized carbons (Fsp3) is 0. The van der Waals surface area contributed by atoms with Crippen LogP contribution in [0.5, 0.6) is 0 Å². The molecule has 0 bridgehead atoms. The van der Waals surface area contributed by atoms with Gasteiger partial charge in [0.25, 0.3) is 0 Å². The summed E-state index contributed by atoms with van der Waals surface area (Å²) >= 11 is 3.57. The first-order chi connectivity index (χ1) is 14.3. The van der Waals surface area contributed by atoms with Crippen molar-refractivity contribution in [2.24, 2.45) is 0 Å². The second-order valence-electron chi connectivity index (χ2n) is 7.36. The fourth-order valence-corrected chi connectivity index (χ4v) is 4.60. The molecule has 0 aliphatic rings. The summed E-state index contributed by atoms with van der Waals surface area (Å²) in [6.45, 7) is 0. The van der Waals surface area contributed by atoms with Gasteiger partial charge in [0.2, 0.25) is 0 Å². The van der Waals surface area contributed by atoms with E-state index < -0.39 is 0 Å². The summed E-state index contributed by atoms with van der Waals surface area (Å²) in [4.78, 5) is 5.23. The topological polar surface area (TPSA) is 12.9 Å². The summed E-state index contributed by atoms with van der Waals surface area (Å²) in [5.41, 5.74) is 4.57. The van der Waals surface area contributed by atoms with E-state index in [9.17, 15) is 0 Å². The van der Waals surface area contributed by atoms with Crippen LogP contribution in [-0.2, 0) is 0 Å². The van der Waals surface area contributed by atoms with Crippen molar-refractivity contribution in [2.75, 3.05) is 0 Å². The van der Waals surface area contributed by atoms with Crippen LogP contribution in [0, 0.1) is 0 Å². The molecular weight excluding hydrogens is 418 g/mol. The summed E-state index contributed by atoms with van der Waals surface area (Å²) in [6.07, 6.45) is 0. The highest BCUT2D eigenvalue weighted by atomic mass is 79.9. The largest absolute Gasteiger partial charge is 0.246 e. The predicted molar refractivity (Wildman–Crippen MR) is 127 cm³/mol. The van der Waals surface area contributed by atoms with Crippen LogP contribution in [0.2, 0.25) is 0 Å². The van der Waals surface area contributed by atoms with E-state index in [0.29, 0.717) is 0 Å². The minimum absolute atomic E-state index is 1.06. The fourth-order valence-electron chi connectivity index (χ4n) is 4.34. The summed E-state index contributed by atoms with van der Waals surface area (Å²) < 4.78 is 1.08. The van der Waals surface area contributed by atoms with E-state index >= 15 is 0 Å². The van der Waals surface area contributed by atoms with E-state index in [1.54, 1.807) is 0 Å². The maximum absolute atomic E-state index is 5.23. The Kier molecular flexibility index (Phi) is 3.68. The Balaban J connectivity index is 1.89. The second-order valence-corrected chi connectivity index (χ2v) is 8.28. The zero-order valence-corrected chi connectivity index (χ0v) is 17.1. The Bertz CT molecular complexity index is 1460. The van der Waals surface area contributed by atoms with Crippen LogP contribution >= 0.6 is 15.9 Å². The van der Waals surface area contributed by atoms with Gasteiger partial charge in [0.05, 0.1) is 11.0 Å². The highest BCUT2D eigenvalue weighted by Gasteiger charge is 2.15.